The smallest absolute Gasteiger partial charge is 0.0884 e. The first-order valence-electron chi connectivity index (χ1n) is 5.61. The first kappa shape index (κ1) is 8.34. The summed E-state index contributed by atoms with van der Waals surface area (Å²) in [6.45, 7) is 0. The molecular formula is C13H15B. The summed E-state index contributed by atoms with van der Waals surface area (Å²) in [5.41, 5.74) is 4.37. The van der Waals surface area contributed by atoms with E-state index in [1.807, 2.05) is 0 Å². The third-order valence-electron chi connectivity index (χ3n) is 3.51. The quantitative estimate of drug-likeness (QED) is 0.578. The Morgan fingerprint density at radius 2 is 2.07 bits per heavy atom. The summed E-state index contributed by atoms with van der Waals surface area (Å²) >= 11 is 0. The largest absolute Gasteiger partial charge is 0.139 e. The van der Waals surface area contributed by atoms with Crippen LogP contribution in [-0.4, -0.2) is 7.85 Å². The van der Waals surface area contributed by atoms with Gasteiger partial charge in [0.05, 0.1) is 0 Å². The highest BCUT2D eigenvalue weighted by Gasteiger charge is 2.30. The van der Waals surface area contributed by atoms with Gasteiger partial charge in [-0.05, 0) is 42.2 Å². The van der Waals surface area contributed by atoms with Crippen LogP contribution in [0, 0.1) is 11.8 Å². The topological polar surface area (TPSA) is 0 Å². The van der Waals surface area contributed by atoms with Crippen molar-refractivity contribution in [2.24, 2.45) is 11.8 Å². The van der Waals surface area contributed by atoms with Gasteiger partial charge in [0.15, 0.2) is 0 Å². The van der Waals surface area contributed by atoms with Gasteiger partial charge in [0.2, 0.25) is 0 Å². The van der Waals surface area contributed by atoms with E-state index in [2.05, 4.69) is 38.2 Å². The molecule has 0 amide bonds. The van der Waals surface area contributed by atoms with Gasteiger partial charge in [0.25, 0.3) is 0 Å². The third kappa shape index (κ3) is 1.41. The summed E-state index contributed by atoms with van der Waals surface area (Å²) in [6, 6.07) is 6.85. The van der Waals surface area contributed by atoms with Gasteiger partial charge in [-0.1, -0.05) is 35.8 Å². The van der Waals surface area contributed by atoms with E-state index in [1.54, 1.807) is 5.56 Å². The predicted molar refractivity (Wildman–Crippen MR) is 63.6 cm³/mol. The summed E-state index contributed by atoms with van der Waals surface area (Å²) in [6.07, 6.45) is 8.94. The highest BCUT2D eigenvalue weighted by atomic mass is 14.4. The standard InChI is InChI=1S/C13H15B/c14-13-6-5-11-7-10(9-1-2-9)3-4-12(11)8-13/h3-6,8-10H,1-2,7,14H2. The van der Waals surface area contributed by atoms with Crippen LogP contribution in [-0.2, 0) is 6.42 Å². The molecule has 14 heavy (non-hydrogen) atoms. The molecule has 1 aromatic rings. The minimum absolute atomic E-state index is 0.838. The van der Waals surface area contributed by atoms with Crippen LogP contribution in [0.2, 0.25) is 0 Å². The minimum atomic E-state index is 0.838. The summed E-state index contributed by atoms with van der Waals surface area (Å²) < 4.78 is 0. The van der Waals surface area contributed by atoms with Crippen LogP contribution in [0.3, 0.4) is 0 Å². The molecule has 1 saturated carbocycles. The SMILES string of the molecule is Bc1ccc2c(c1)C=CC(C1CC1)C2. The number of rotatable bonds is 1. The van der Waals surface area contributed by atoms with E-state index in [0.29, 0.717) is 0 Å². The number of benzene rings is 1. The van der Waals surface area contributed by atoms with Gasteiger partial charge < -0.3 is 0 Å². The first-order chi connectivity index (χ1) is 6.83. The van der Waals surface area contributed by atoms with Crippen LogP contribution in [0.4, 0.5) is 0 Å². The minimum Gasteiger partial charge on any atom is -0.0884 e. The number of allylic oxidation sites excluding steroid dienone is 1. The van der Waals surface area contributed by atoms with Crippen molar-refractivity contribution in [3.05, 3.63) is 35.4 Å². The van der Waals surface area contributed by atoms with Gasteiger partial charge in [-0.3, -0.25) is 0 Å². The van der Waals surface area contributed by atoms with E-state index >= 15 is 0 Å². The van der Waals surface area contributed by atoms with Crippen LogP contribution in [0.5, 0.6) is 0 Å². The van der Waals surface area contributed by atoms with Crippen LogP contribution >= 0.6 is 0 Å². The van der Waals surface area contributed by atoms with Gasteiger partial charge >= 0.3 is 0 Å². The molecule has 0 radical (unpaired) electrons. The highest BCUT2D eigenvalue weighted by Crippen LogP contribution is 2.41. The molecule has 1 fully saturated rings. The lowest BCUT2D eigenvalue weighted by Gasteiger charge is -2.19. The molecule has 0 N–H and O–H groups in total. The fourth-order valence-electron chi connectivity index (χ4n) is 2.45. The Morgan fingerprint density at radius 1 is 1.21 bits per heavy atom. The van der Waals surface area contributed by atoms with Crippen LogP contribution in [0.1, 0.15) is 24.0 Å². The van der Waals surface area contributed by atoms with Gasteiger partial charge in [-0.2, -0.15) is 0 Å². The highest BCUT2D eigenvalue weighted by molar-refractivity contribution is 6.32. The Hall–Kier alpha value is -0.975. The van der Waals surface area contributed by atoms with Gasteiger partial charge in [0.1, 0.15) is 7.85 Å². The molecule has 2 aliphatic carbocycles. The van der Waals surface area contributed by atoms with Crippen molar-refractivity contribution in [2.45, 2.75) is 19.3 Å². The van der Waals surface area contributed by atoms with E-state index in [9.17, 15) is 0 Å². The van der Waals surface area contributed by atoms with Crippen LogP contribution in [0.25, 0.3) is 6.08 Å². The van der Waals surface area contributed by atoms with E-state index in [4.69, 9.17) is 0 Å². The molecule has 0 bridgehead atoms. The first-order valence-corrected chi connectivity index (χ1v) is 5.61. The monoisotopic (exact) mass is 182 g/mol. The maximum atomic E-state index is 2.43. The summed E-state index contributed by atoms with van der Waals surface area (Å²) in [5, 5.41) is 0. The Morgan fingerprint density at radius 3 is 2.86 bits per heavy atom. The second kappa shape index (κ2) is 3.01. The molecule has 0 heterocycles. The summed E-state index contributed by atoms with van der Waals surface area (Å²) in [5.74, 6) is 1.84. The Kier molecular flexibility index (Phi) is 1.80. The zero-order valence-corrected chi connectivity index (χ0v) is 8.66. The second-order valence-corrected chi connectivity index (χ2v) is 4.77. The van der Waals surface area contributed by atoms with E-state index in [1.165, 1.54) is 30.3 Å². The number of hydrogen-bond acceptors (Lipinski definition) is 0. The lowest BCUT2D eigenvalue weighted by molar-refractivity contribution is 0.563. The average Bonchev–Trinajstić information content (AvgIpc) is 3.00. The van der Waals surface area contributed by atoms with Crippen molar-refractivity contribution >= 4 is 19.4 Å². The molecular weight excluding hydrogens is 167 g/mol. The lowest BCUT2D eigenvalue weighted by Crippen LogP contribution is -2.12. The Labute approximate surface area is 86.4 Å². The summed E-state index contributed by atoms with van der Waals surface area (Å²) in [7, 11) is 2.17. The third-order valence-corrected chi connectivity index (χ3v) is 3.51. The van der Waals surface area contributed by atoms with Gasteiger partial charge in [-0.15, -0.1) is 0 Å². The number of fused-ring (bicyclic) bond motifs is 1. The fraction of sp³-hybridized carbons (Fsp3) is 0.385. The van der Waals surface area contributed by atoms with Crippen LogP contribution < -0.4 is 5.46 Å². The van der Waals surface area contributed by atoms with Crippen LogP contribution in [0.15, 0.2) is 24.3 Å². The molecule has 0 aliphatic heterocycles. The molecule has 0 nitrogen and oxygen atoms in total. The van der Waals surface area contributed by atoms with Gasteiger partial charge in [-0.25, -0.2) is 0 Å². The van der Waals surface area contributed by atoms with Crippen molar-refractivity contribution in [3.8, 4) is 0 Å². The zero-order valence-electron chi connectivity index (χ0n) is 8.66. The summed E-state index contributed by atoms with van der Waals surface area (Å²) in [4.78, 5) is 0. The zero-order chi connectivity index (χ0) is 9.54. The molecule has 0 saturated heterocycles. The Bertz CT molecular complexity index is 388. The van der Waals surface area contributed by atoms with Crippen molar-refractivity contribution in [1.29, 1.82) is 0 Å². The maximum absolute atomic E-state index is 2.43. The molecule has 1 heteroatoms. The van der Waals surface area contributed by atoms with Crippen molar-refractivity contribution in [1.82, 2.24) is 0 Å². The van der Waals surface area contributed by atoms with E-state index < -0.39 is 0 Å². The predicted octanol–water partition coefficient (Wildman–Crippen LogP) is 1.54. The van der Waals surface area contributed by atoms with Crippen molar-refractivity contribution < 1.29 is 0 Å². The molecule has 70 valence electrons. The normalized spacial score (nSPS) is 24.7. The Balaban J connectivity index is 1.93. The van der Waals surface area contributed by atoms with Crippen molar-refractivity contribution in [2.75, 3.05) is 0 Å². The molecule has 2 aliphatic rings. The molecule has 1 unspecified atom stereocenters. The van der Waals surface area contributed by atoms with E-state index in [0.717, 1.165) is 11.8 Å². The second-order valence-electron chi connectivity index (χ2n) is 4.77. The molecule has 1 aromatic carbocycles. The maximum Gasteiger partial charge on any atom is 0.139 e. The molecule has 1 atom stereocenters. The molecule has 3 rings (SSSR count). The van der Waals surface area contributed by atoms with Gasteiger partial charge in [0, 0.05) is 0 Å². The molecule has 0 spiro atoms. The van der Waals surface area contributed by atoms with E-state index in [-0.39, 0.29) is 0 Å². The van der Waals surface area contributed by atoms with Crippen molar-refractivity contribution in [3.63, 3.8) is 0 Å². The average molecular weight is 182 g/mol. The lowest BCUT2D eigenvalue weighted by atomic mass is 9.83. The number of hydrogen-bond donors (Lipinski definition) is 0. The molecule has 0 aromatic heterocycles. The fourth-order valence-corrected chi connectivity index (χ4v) is 2.45.